The molecule has 10 aromatic carbocycles. The average molecular weight is 777 g/mol. The Bertz CT molecular complexity index is 4140. The Labute approximate surface area is 347 Å². The van der Waals surface area contributed by atoms with Crippen molar-refractivity contribution in [2.24, 2.45) is 0 Å². The number of para-hydroxylation sites is 3. The fourth-order valence-electron chi connectivity index (χ4n) is 10.3. The van der Waals surface area contributed by atoms with Crippen molar-refractivity contribution < 1.29 is 4.42 Å². The van der Waals surface area contributed by atoms with Gasteiger partial charge >= 0.3 is 0 Å². The maximum Gasteiger partial charge on any atom is 0.238 e. The van der Waals surface area contributed by atoms with Crippen LogP contribution in [0.5, 0.6) is 0 Å². The molecule has 0 bridgehead atoms. The highest BCUT2D eigenvalue weighted by molar-refractivity contribution is 6.35. The maximum atomic E-state index is 6.68. The number of hydrogen-bond acceptors (Lipinski definition) is 3. The van der Waals surface area contributed by atoms with Gasteiger partial charge in [-0.25, -0.2) is 4.98 Å². The zero-order valence-electron chi connectivity index (χ0n) is 32.7. The lowest BCUT2D eigenvalue weighted by molar-refractivity contribution is 0.651. The summed E-state index contributed by atoms with van der Waals surface area (Å²) in [6.45, 7) is 0. The van der Waals surface area contributed by atoms with Crippen LogP contribution < -0.4 is 0 Å². The normalized spacial score (nSPS) is 12.3. The third-order valence-electron chi connectivity index (χ3n) is 12.9. The van der Waals surface area contributed by atoms with Crippen LogP contribution in [0.15, 0.2) is 199 Å². The summed E-state index contributed by atoms with van der Waals surface area (Å²) < 4.78 is 11.3. The van der Waals surface area contributed by atoms with E-state index in [1.165, 1.54) is 53.9 Å². The topological polar surface area (TPSA) is 48.8 Å². The fourth-order valence-corrected chi connectivity index (χ4v) is 10.3. The summed E-state index contributed by atoms with van der Waals surface area (Å²) in [6.07, 6.45) is 0. The number of fused-ring (bicyclic) bond motifs is 17. The molecule has 0 aliphatic rings. The molecule has 0 fully saturated rings. The molecule has 5 heteroatoms. The minimum atomic E-state index is 0.554. The third kappa shape index (κ3) is 4.49. The van der Waals surface area contributed by atoms with Gasteiger partial charge in [0.2, 0.25) is 11.7 Å². The van der Waals surface area contributed by atoms with Gasteiger partial charge in [-0.2, -0.15) is 4.98 Å². The van der Waals surface area contributed by atoms with Gasteiger partial charge in [0.05, 0.1) is 33.1 Å². The van der Waals surface area contributed by atoms with Crippen LogP contribution in [-0.2, 0) is 0 Å². The molecule has 0 atom stereocenters. The predicted molar refractivity (Wildman–Crippen MR) is 253 cm³/mol. The van der Waals surface area contributed by atoms with Crippen molar-refractivity contribution in [3.05, 3.63) is 194 Å². The second-order valence-electron chi connectivity index (χ2n) is 16.1. The van der Waals surface area contributed by atoms with Crippen molar-refractivity contribution in [1.82, 2.24) is 19.1 Å². The zero-order valence-corrected chi connectivity index (χ0v) is 32.7. The molecule has 5 nitrogen and oxygen atoms in total. The van der Waals surface area contributed by atoms with Crippen molar-refractivity contribution in [3.63, 3.8) is 0 Å². The van der Waals surface area contributed by atoms with Gasteiger partial charge in [-0.15, -0.1) is 0 Å². The van der Waals surface area contributed by atoms with Gasteiger partial charge in [0.15, 0.2) is 0 Å². The molecule has 0 aliphatic heterocycles. The van der Waals surface area contributed by atoms with E-state index in [1.54, 1.807) is 0 Å². The number of furan rings is 1. The van der Waals surface area contributed by atoms with E-state index in [9.17, 15) is 0 Å². The van der Waals surface area contributed by atoms with Crippen molar-refractivity contribution in [1.29, 1.82) is 0 Å². The quantitative estimate of drug-likeness (QED) is 0.168. The summed E-state index contributed by atoms with van der Waals surface area (Å²) in [7, 11) is 0. The number of benzene rings is 10. The standard InChI is InChI=1S/C56H32N4O/c1-2-16-36(17-3-1)59-46-24-12-10-21-40(46)41-27-26-35(32-48(41)59)54-53-44-23-11-13-25-50(44)61-55(53)58-56(57-54)60-47-29-28-43-39-20-7-6-18-37(39)38-19-8-9-22-42(38)51(43)52(47)45-30-33-14-4-5-15-34(33)31-49(45)60/h1-32H. The van der Waals surface area contributed by atoms with Crippen LogP contribution in [0, 0.1) is 0 Å². The van der Waals surface area contributed by atoms with E-state index in [4.69, 9.17) is 14.4 Å². The number of nitrogens with zero attached hydrogens (tertiary/aromatic N) is 4. The van der Waals surface area contributed by atoms with Crippen LogP contribution >= 0.6 is 0 Å². The summed E-state index contributed by atoms with van der Waals surface area (Å²) in [6, 6.07) is 69.6. The molecule has 61 heavy (non-hydrogen) atoms. The highest BCUT2D eigenvalue weighted by Crippen LogP contribution is 2.45. The Balaban J connectivity index is 1.13. The molecule has 14 aromatic rings. The van der Waals surface area contributed by atoms with Gasteiger partial charge in [-0.3, -0.25) is 4.57 Å². The van der Waals surface area contributed by atoms with Crippen LogP contribution in [-0.4, -0.2) is 19.1 Å². The molecule has 0 amide bonds. The second-order valence-corrected chi connectivity index (χ2v) is 16.1. The third-order valence-corrected chi connectivity index (χ3v) is 12.9. The number of hydrogen-bond donors (Lipinski definition) is 0. The van der Waals surface area contributed by atoms with Gasteiger partial charge in [0.25, 0.3) is 0 Å². The average Bonchev–Trinajstić information content (AvgIpc) is 3.98. The van der Waals surface area contributed by atoms with Gasteiger partial charge in [0, 0.05) is 43.6 Å². The van der Waals surface area contributed by atoms with Crippen LogP contribution in [0.1, 0.15) is 0 Å². The van der Waals surface area contributed by atoms with Gasteiger partial charge < -0.3 is 8.98 Å². The lowest BCUT2D eigenvalue weighted by Crippen LogP contribution is -2.03. The minimum Gasteiger partial charge on any atom is -0.437 e. The monoisotopic (exact) mass is 776 g/mol. The van der Waals surface area contributed by atoms with E-state index >= 15 is 0 Å². The summed E-state index contributed by atoms with van der Waals surface area (Å²) >= 11 is 0. The van der Waals surface area contributed by atoms with E-state index in [0.29, 0.717) is 11.7 Å². The van der Waals surface area contributed by atoms with Crippen molar-refractivity contribution >= 4 is 109 Å². The highest BCUT2D eigenvalue weighted by atomic mass is 16.3. The maximum absolute atomic E-state index is 6.68. The molecule has 282 valence electrons. The summed E-state index contributed by atoms with van der Waals surface area (Å²) in [4.78, 5) is 11.0. The molecule has 4 heterocycles. The van der Waals surface area contributed by atoms with E-state index in [0.717, 1.165) is 66.1 Å². The molecule has 0 aliphatic carbocycles. The Morgan fingerprint density at radius 3 is 1.74 bits per heavy atom. The highest BCUT2D eigenvalue weighted by Gasteiger charge is 2.24. The molecule has 0 spiro atoms. The van der Waals surface area contributed by atoms with E-state index < -0.39 is 0 Å². The minimum absolute atomic E-state index is 0.554. The van der Waals surface area contributed by atoms with E-state index in [1.807, 2.05) is 12.1 Å². The van der Waals surface area contributed by atoms with Gasteiger partial charge in [0.1, 0.15) is 5.58 Å². The lowest BCUT2D eigenvalue weighted by atomic mass is 9.91. The Morgan fingerprint density at radius 1 is 0.344 bits per heavy atom. The van der Waals surface area contributed by atoms with Crippen molar-refractivity contribution in [2.45, 2.75) is 0 Å². The van der Waals surface area contributed by atoms with E-state index in [-0.39, 0.29) is 0 Å². The van der Waals surface area contributed by atoms with Gasteiger partial charge in [-0.1, -0.05) is 146 Å². The Morgan fingerprint density at radius 2 is 0.934 bits per heavy atom. The molecule has 14 rings (SSSR count). The van der Waals surface area contributed by atoms with Crippen molar-refractivity contribution in [2.75, 3.05) is 0 Å². The molecule has 0 saturated heterocycles. The Hall–Kier alpha value is -8.28. The van der Waals surface area contributed by atoms with E-state index in [2.05, 4.69) is 191 Å². The van der Waals surface area contributed by atoms with Crippen LogP contribution in [0.25, 0.3) is 132 Å². The second kappa shape index (κ2) is 12.1. The van der Waals surface area contributed by atoms with Crippen molar-refractivity contribution in [3.8, 4) is 22.9 Å². The molecule has 0 saturated carbocycles. The first-order chi connectivity index (χ1) is 30.3. The van der Waals surface area contributed by atoms with Gasteiger partial charge in [-0.05, 0) is 86.2 Å². The van der Waals surface area contributed by atoms with Crippen LogP contribution in [0.2, 0.25) is 0 Å². The molecule has 0 radical (unpaired) electrons. The summed E-state index contributed by atoms with van der Waals surface area (Å²) in [5.41, 5.74) is 8.61. The fraction of sp³-hybridized carbons (Fsp3) is 0. The Kier molecular flexibility index (Phi) is 6.49. The smallest absolute Gasteiger partial charge is 0.238 e. The number of aromatic nitrogens is 4. The van der Waals surface area contributed by atoms with Crippen LogP contribution in [0.3, 0.4) is 0 Å². The SMILES string of the molecule is c1ccc(-n2c3ccccc3c3ccc(-c4nc(-n5c6cc7ccccc7cc6c6c7c8ccccc8c8ccccc8c7ccc65)nc5oc6ccccc6c45)cc32)cc1. The number of rotatable bonds is 3. The predicted octanol–water partition coefficient (Wildman–Crippen LogP) is 14.8. The lowest BCUT2D eigenvalue weighted by Gasteiger charge is -2.13. The first-order valence-corrected chi connectivity index (χ1v) is 20.7. The summed E-state index contributed by atoms with van der Waals surface area (Å²) in [5.74, 6) is 0.560. The zero-order chi connectivity index (χ0) is 39.8. The first-order valence-electron chi connectivity index (χ1n) is 20.7. The molecular formula is C56H32N4O. The first kappa shape index (κ1) is 32.7. The molecule has 4 aromatic heterocycles. The van der Waals surface area contributed by atoms with Crippen LogP contribution in [0.4, 0.5) is 0 Å². The largest absolute Gasteiger partial charge is 0.437 e. The molecule has 0 N–H and O–H groups in total. The molecular weight excluding hydrogens is 745 g/mol. The summed E-state index contributed by atoms with van der Waals surface area (Å²) in [5, 5.41) is 16.4. The molecule has 0 unspecified atom stereocenters.